The van der Waals surface area contributed by atoms with Crippen LogP contribution >= 0.6 is 0 Å². The van der Waals surface area contributed by atoms with E-state index in [2.05, 4.69) is 25.0 Å². The normalized spacial score (nSPS) is 17.4. The van der Waals surface area contributed by atoms with Crippen molar-refractivity contribution in [2.45, 2.75) is 57.4 Å². The molecule has 1 aliphatic rings. The topological polar surface area (TPSA) is 89.4 Å². The number of nitrogens with one attached hydrogen (secondary N) is 1. The molecule has 7 nitrogen and oxygen atoms in total. The van der Waals surface area contributed by atoms with Crippen LogP contribution in [0, 0.1) is 6.92 Å². The zero-order chi connectivity index (χ0) is 19.0. The molecule has 1 fully saturated rings. The minimum absolute atomic E-state index is 0.162. The van der Waals surface area contributed by atoms with Crippen molar-refractivity contribution in [1.29, 1.82) is 0 Å². The van der Waals surface area contributed by atoms with Gasteiger partial charge in [0, 0.05) is 38.1 Å². The van der Waals surface area contributed by atoms with Crippen LogP contribution in [0.1, 0.15) is 48.9 Å². The van der Waals surface area contributed by atoms with Gasteiger partial charge in [0.1, 0.15) is 17.0 Å². The Morgan fingerprint density at radius 3 is 2.59 bits per heavy atom. The number of aryl methyl sites for hydroxylation is 3. The highest BCUT2D eigenvalue weighted by Crippen LogP contribution is 2.38. The Balaban J connectivity index is 1.58. The van der Waals surface area contributed by atoms with Gasteiger partial charge in [-0.2, -0.15) is 5.10 Å². The highest BCUT2D eigenvalue weighted by molar-refractivity contribution is 5.73. The van der Waals surface area contributed by atoms with Gasteiger partial charge in [0.2, 0.25) is 5.92 Å². The average molecular weight is 374 g/mol. The maximum atomic E-state index is 13.4. The Kier molecular flexibility index (Phi) is 4.45. The lowest BCUT2D eigenvalue weighted by Gasteiger charge is -2.28. The van der Waals surface area contributed by atoms with E-state index < -0.39 is 5.92 Å². The molecule has 0 amide bonds. The van der Waals surface area contributed by atoms with E-state index in [1.54, 1.807) is 17.1 Å². The van der Waals surface area contributed by atoms with Crippen LogP contribution in [-0.4, -0.2) is 35.6 Å². The van der Waals surface area contributed by atoms with Crippen molar-refractivity contribution in [2.24, 2.45) is 0 Å². The first-order chi connectivity index (χ1) is 12.9. The molecule has 27 heavy (non-hydrogen) atoms. The minimum atomic E-state index is -2.61. The van der Waals surface area contributed by atoms with Crippen molar-refractivity contribution in [3.63, 3.8) is 0 Å². The summed E-state index contributed by atoms with van der Waals surface area (Å²) in [5.41, 5.74) is 1.16. The van der Waals surface area contributed by atoms with Crippen LogP contribution in [0.15, 0.2) is 23.4 Å². The number of hydrogen-bond acceptors (Lipinski definition) is 5. The van der Waals surface area contributed by atoms with Gasteiger partial charge in [-0.3, -0.25) is 4.79 Å². The number of halogens is 2. The molecule has 0 aliphatic heterocycles. The molecule has 0 aromatic carbocycles. The highest BCUT2D eigenvalue weighted by Gasteiger charge is 2.36. The molecule has 1 aliphatic carbocycles. The third-order valence-electron chi connectivity index (χ3n) is 4.96. The van der Waals surface area contributed by atoms with E-state index in [-0.39, 0.29) is 24.4 Å². The standard InChI is InChI=1S/C18H20F2N6O/c1-11-8-21-14(22-9-11)2-3-15-24-16-13(17(27)25-15)10-23-26(16)12-4-6-18(19,20)7-5-12/h8-10,12H,2-7H2,1H3,(H,24,25,27). The van der Waals surface area contributed by atoms with Gasteiger partial charge >= 0.3 is 0 Å². The molecule has 0 saturated heterocycles. The molecule has 0 atom stereocenters. The van der Waals surface area contributed by atoms with Crippen LogP contribution in [0.4, 0.5) is 8.78 Å². The molecule has 3 aromatic heterocycles. The molecule has 0 unspecified atom stereocenters. The minimum Gasteiger partial charge on any atom is -0.310 e. The second-order valence-corrected chi connectivity index (χ2v) is 7.10. The lowest BCUT2D eigenvalue weighted by molar-refractivity contribution is -0.0446. The zero-order valence-electron chi connectivity index (χ0n) is 15.0. The van der Waals surface area contributed by atoms with Gasteiger partial charge in [0.25, 0.3) is 5.56 Å². The molecule has 1 saturated carbocycles. The first-order valence-electron chi connectivity index (χ1n) is 9.03. The number of fused-ring (bicyclic) bond motifs is 1. The van der Waals surface area contributed by atoms with Crippen molar-refractivity contribution in [3.8, 4) is 0 Å². The molecule has 3 aromatic rings. The second-order valence-electron chi connectivity index (χ2n) is 7.10. The van der Waals surface area contributed by atoms with Gasteiger partial charge in [-0.05, 0) is 25.3 Å². The Morgan fingerprint density at radius 2 is 1.89 bits per heavy atom. The molecule has 4 rings (SSSR count). The fraction of sp³-hybridized carbons (Fsp3) is 0.500. The van der Waals surface area contributed by atoms with E-state index in [4.69, 9.17) is 0 Å². The SMILES string of the molecule is Cc1cnc(CCc2nc3c(cnn3C3CCC(F)(F)CC3)c(=O)[nH]2)nc1. The maximum Gasteiger partial charge on any atom is 0.262 e. The van der Waals surface area contributed by atoms with Crippen LogP contribution in [0.25, 0.3) is 11.0 Å². The summed E-state index contributed by atoms with van der Waals surface area (Å²) in [4.78, 5) is 28.2. The van der Waals surface area contributed by atoms with Crippen molar-refractivity contribution < 1.29 is 8.78 Å². The number of nitrogens with zero attached hydrogens (tertiary/aromatic N) is 5. The summed E-state index contributed by atoms with van der Waals surface area (Å²) in [5, 5.41) is 4.64. The van der Waals surface area contributed by atoms with E-state index >= 15 is 0 Å². The molecule has 3 heterocycles. The summed E-state index contributed by atoms with van der Waals surface area (Å²) >= 11 is 0. The summed E-state index contributed by atoms with van der Waals surface area (Å²) in [6.45, 7) is 1.92. The van der Waals surface area contributed by atoms with Gasteiger partial charge < -0.3 is 4.98 Å². The summed E-state index contributed by atoms with van der Waals surface area (Å²) in [5.74, 6) is -1.42. The zero-order valence-corrected chi connectivity index (χ0v) is 15.0. The molecule has 0 bridgehead atoms. The largest absolute Gasteiger partial charge is 0.310 e. The first kappa shape index (κ1) is 17.7. The van der Waals surface area contributed by atoms with Crippen molar-refractivity contribution in [1.82, 2.24) is 29.7 Å². The number of hydrogen-bond donors (Lipinski definition) is 1. The third kappa shape index (κ3) is 3.72. The molecule has 9 heteroatoms. The van der Waals surface area contributed by atoms with Gasteiger partial charge in [-0.15, -0.1) is 0 Å². The van der Waals surface area contributed by atoms with Crippen LogP contribution in [-0.2, 0) is 12.8 Å². The molecular weight excluding hydrogens is 354 g/mol. The van der Waals surface area contributed by atoms with E-state index in [0.717, 1.165) is 5.56 Å². The molecule has 1 N–H and O–H groups in total. The van der Waals surface area contributed by atoms with Crippen molar-refractivity contribution in [2.75, 3.05) is 0 Å². The Morgan fingerprint density at radius 1 is 1.19 bits per heavy atom. The summed E-state index contributed by atoms with van der Waals surface area (Å²) < 4.78 is 28.5. The van der Waals surface area contributed by atoms with E-state index in [9.17, 15) is 13.6 Å². The highest BCUT2D eigenvalue weighted by atomic mass is 19.3. The van der Waals surface area contributed by atoms with Gasteiger partial charge in [0.05, 0.1) is 12.2 Å². The fourth-order valence-electron chi connectivity index (χ4n) is 3.42. The smallest absolute Gasteiger partial charge is 0.262 e. The summed E-state index contributed by atoms with van der Waals surface area (Å²) in [7, 11) is 0. The fourth-order valence-corrected chi connectivity index (χ4v) is 3.42. The monoisotopic (exact) mass is 374 g/mol. The lowest BCUT2D eigenvalue weighted by Crippen LogP contribution is -2.27. The Hall–Kier alpha value is -2.71. The third-order valence-corrected chi connectivity index (χ3v) is 4.96. The quantitative estimate of drug-likeness (QED) is 0.758. The lowest BCUT2D eigenvalue weighted by atomic mass is 9.92. The Labute approximate surface area is 153 Å². The summed E-state index contributed by atoms with van der Waals surface area (Å²) in [6, 6.07) is -0.162. The predicted molar refractivity (Wildman–Crippen MR) is 94.8 cm³/mol. The number of alkyl halides is 2. The second kappa shape index (κ2) is 6.79. The van der Waals surface area contributed by atoms with Crippen molar-refractivity contribution in [3.05, 3.63) is 46.2 Å². The van der Waals surface area contributed by atoms with Gasteiger partial charge in [0.15, 0.2) is 5.65 Å². The number of aromatic nitrogens is 6. The van der Waals surface area contributed by atoms with Gasteiger partial charge in [-0.25, -0.2) is 28.4 Å². The van der Waals surface area contributed by atoms with Crippen LogP contribution in [0.2, 0.25) is 0 Å². The van der Waals surface area contributed by atoms with E-state index in [1.807, 2.05) is 6.92 Å². The average Bonchev–Trinajstić information content (AvgIpc) is 3.06. The van der Waals surface area contributed by atoms with Crippen LogP contribution < -0.4 is 5.56 Å². The summed E-state index contributed by atoms with van der Waals surface area (Å²) in [6.07, 6.45) is 6.28. The Bertz CT molecular complexity index is 1000. The molecular formula is C18H20F2N6O. The van der Waals surface area contributed by atoms with Crippen LogP contribution in [0.3, 0.4) is 0 Å². The van der Waals surface area contributed by atoms with Crippen LogP contribution in [0.5, 0.6) is 0 Å². The predicted octanol–water partition coefficient (Wildman–Crippen LogP) is 2.75. The van der Waals surface area contributed by atoms with E-state index in [0.29, 0.717) is 48.4 Å². The molecule has 0 spiro atoms. The van der Waals surface area contributed by atoms with Gasteiger partial charge in [-0.1, -0.05) is 0 Å². The number of H-pyrrole nitrogens is 1. The first-order valence-corrected chi connectivity index (χ1v) is 9.03. The molecule has 142 valence electrons. The maximum absolute atomic E-state index is 13.4. The van der Waals surface area contributed by atoms with E-state index in [1.165, 1.54) is 6.20 Å². The van der Waals surface area contributed by atoms with Crippen molar-refractivity contribution >= 4 is 11.0 Å². The number of aromatic amines is 1. The number of rotatable bonds is 4. The molecule has 0 radical (unpaired) electrons.